The third kappa shape index (κ3) is 3.85. The van der Waals surface area contributed by atoms with Gasteiger partial charge in [0, 0.05) is 12.5 Å². The summed E-state index contributed by atoms with van der Waals surface area (Å²) in [5, 5.41) is 15.3. The minimum absolute atomic E-state index is 0.0222. The summed E-state index contributed by atoms with van der Waals surface area (Å²) in [6.45, 7) is 5.50. The van der Waals surface area contributed by atoms with Crippen LogP contribution in [0, 0.1) is 0 Å². The van der Waals surface area contributed by atoms with Crippen LogP contribution >= 0.6 is 0 Å². The lowest BCUT2D eigenvalue weighted by molar-refractivity contribution is -0.0262. The zero-order chi connectivity index (χ0) is 17.9. The Morgan fingerprint density at radius 1 is 1.36 bits per heavy atom. The van der Waals surface area contributed by atoms with Crippen LogP contribution in [0.15, 0.2) is 28.8 Å². The van der Waals surface area contributed by atoms with Gasteiger partial charge in [0.15, 0.2) is 5.82 Å². The van der Waals surface area contributed by atoms with E-state index in [9.17, 15) is 5.11 Å². The van der Waals surface area contributed by atoms with Gasteiger partial charge in [-0.05, 0) is 50.4 Å². The highest BCUT2D eigenvalue weighted by molar-refractivity contribution is 5.31. The maximum atomic E-state index is 11.2. The monoisotopic (exact) mass is 345 g/mol. The summed E-state index contributed by atoms with van der Waals surface area (Å²) < 4.78 is 10.5. The molecule has 1 saturated heterocycles. The molecule has 2 heterocycles. The van der Waals surface area contributed by atoms with Crippen molar-refractivity contribution in [2.24, 2.45) is 0 Å². The Balaban J connectivity index is 1.74. The SMILES string of the molecule is CCCc1nc(CN2CCC[C@H]2[C@@](C)(O)c2ccc(OC)cc2)no1. The number of hydrogen-bond acceptors (Lipinski definition) is 6. The predicted octanol–water partition coefficient (Wildman–Crippen LogP) is 2.90. The number of aryl methyl sites for hydroxylation is 1. The first kappa shape index (κ1) is 17.9. The van der Waals surface area contributed by atoms with Gasteiger partial charge in [-0.2, -0.15) is 4.98 Å². The van der Waals surface area contributed by atoms with E-state index in [1.807, 2.05) is 31.2 Å². The lowest BCUT2D eigenvalue weighted by Gasteiger charge is -2.36. The molecule has 2 aromatic rings. The van der Waals surface area contributed by atoms with Gasteiger partial charge >= 0.3 is 0 Å². The Morgan fingerprint density at radius 3 is 2.80 bits per heavy atom. The van der Waals surface area contributed by atoms with Gasteiger partial charge < -0.3 is 14.4 Å². The molecule has 1 N–H and O–H groups in total. The third-order valence-corrected chi connectivity index (χ3v) is 5.01. The van der Waals surface area contributed by atoms with E-state index in [0.717, 1.165) is 43.5 Å². The molecular weight excluding hydrogens is 318 g/mol. The summed E-state index contributed by atoms with van der Waals surface area (Å²) in [5.41, 5.74) is -0.0522. The van der Waals surface area contributed by atoms with Crippen molar-refractivity contribution in [3.63, 3.8) is 0 Å². The molecule has 0 unspecified atom stereocenters. The number of aliphatic hydroxyl groups is 1. The lowest BCUT2D eigenvalue weighted by Crippen LogP contribution is -2.45. The van der Waals surface area contributed by atoms with Gasteiger partial charge in [-0.15, -0.1) is 0 Å². The largest absolute Gasteiger partial charge is 0.497 e. The van der Waals surface area contributed by atoms with Gasteiger partial charge in [-0.3, -0.25) is 4.90 Å². The molecular formula is C19H27N3O3. The van der Waals surface area contributed by atoms with Crippen LogP contribution < -0.4 is 4.74 Å². The quantitative estimate of drug-likeness (QED) is 0.832. The molecule has 0 amide bonds. The van der Waals surface area contributed by atoms with E-state index in [-0.39, 0.29) is 6.04 Å². The van der Waals surface area contributed by atoms with Crippen molar-refractivity contribution < 1.29 is 14.4 Å². The molecule has 0 spiro atoms. The Morgan fingerprint density at radius 2 is 2.12 bits per heavy atom. The summed E-state index contributed by atoms with van der Waals surface area (Å²) in [4.78, 5) is 6.71. The Kier molecular flexibility index (Phi) is 5.39. The Bertz CT molecular complexity index is 681. The van der Waals surface area contributed by atoms with Crippen molar-refractivity contribution in [2.75, 3.05) is 13.7 Å². The topological polar surface area (TPSA) is 71.6 Å². The van der Waals surface area contributed by atoms with Crippen molar-refractivity contribution in [3.05, 3.63) is 41.5 Å². The summed E-state index contributed by atoms with van der Waals surface area (Å²) in [6.07, 6.45) is 3.79. The molecule has 1 fully saturated rings. The van der Waals surface area contributed by atoms with E-state index in [1.165, 1.54) is 0 Å². The second-order valence-corrected chi connectivity index (χ2v) is 6.86. The van der Waals surface area contributed by atoms with Crippen LogP contribution in [-0.2, 0) is 18.6 Å². The first-order valence-corrected chi connectivity index (χ1v) is 8.97. The maximum absolute atomic E-state index is 11.2. The molecule has 0 aliphatic carbocycles. The standard InChI is InChI=1S/C19H27N3O3/c1-4-6-18-20-17(21-25-18)13-22-12-5-7-16(22)19(2,23)14-8-10-15(24-3)11-9-14/h8-11,16,23H,4-7,12-13H2,1-3H3/t16-,19-/m0/s1. The number of likely N-dealkylation sites (tertiary alicyclic amines) is 1. The number of aromatic nitrogens is 2. The number of rotatable bonds is 7. The van der Waals surface area contributed by atoms with E-state index < -0.39 is 5.60 Å². The van der Waals surface area contributed by atoms with E-state index in [1.54, 1.807) is 7.11 Å². The fourth-order valence-electron chi connectivity index (χ4n) is 3.62. The van der Waals surface area contributed by atoms with Crippen molar-refractivity contribution >= 4 is 0 Å². The lowest BCUT2D eigenvalue weighted by atomic mass is 9.86. The third-order valence-electron chi connectivity index (χ3n) is 5.01. The van der Waals surface area contributed by atoms with Gasteiger partial charge in [0.2, 0.25) is 5.89 Å². The van der Waals surface area contributed by atoms with Crippen molar-refractivity contribution in [1.82, 2.24) is 15.0 Å². The van der Waals surface area contributed by atoms with Gasteiger partial charge in [0.05, 0.1) is 13.7 Å². The molecule has 6 nitrogen and oxygen atoms in total. The average molecular weight is 345 g/mol. The number of ether oxygens (including phenoxy) is 1. The predicted molar refractivity (Wildman–Crippen MR) is 94.3 cm³/mol. The normalized spacial score (nSPS) is 20.6. The second-order valence-electron chi connectivity index (χ2n) is 6.86. The molecule has 1 aromatic carbocycles. The Labute approximate surface area is 148 Å². The summed E-state index contributed by atoms with van der Waals surface area (Å²) in [5.74, 6) is 2.18. The van der Waals surface area contributed by atoms with E-state index in [0.29, 0.717) is 18.3 Å². The van der Waals surface area contributed by atoms with Crippen LogP contribution in [0.5, 0.6) is 5.75 Å². The fraction of sp³-hybridized carbons (Fsp3) is 0.579. The Hall–Kier alpha value is -1.92. The van der Waals surface area contributed by atoms with Gasteiger partial charge in [-0.25, -0.2) is 0 Å². The summed E-state index contributed by atoms with van der Waals surface area (Å²) >= 11 is 0. The van der Waals surface area contributed by atoms with Crippen LogP contribution in [0.1, 0.15) is 50.4 Å². The summed E-state index contributed by atoms with van der Waals surface area (Å²) in [7, 11) is 1.64. The summed E-state index contributed by atoms with van der Waals surface area (Å²) in [6, 6.07) is 7.67. The molecule has 0 bridgehead atoms. The molecule has 25 heavy (non-hydrogen) atoms. The number of methoxy groups -OCH3 is 1. The molecule has 136 valence electrons. The van der Waals surface area contributed by atoms with Crippen LogP contribution in [0.2, 0.25) is 0 Å². The van der Waals surface area contributed by atoms with Gasteiger partial charge in [0.1, 0.15) is 11.4 Å². The van der Waals surface area contributed by atoms with Gasteiger partial charge in [0.25, 0.3) is 0 Å². The zero-order valence-corrected chi connectivity index (χ0v) is 15.2. The highest BCUT2D eigenvalue weighted by atomic mass is 16.5. The van der Waals surface area contributed by atoms with E-state index in [2.05, 4.69) is 22.0 Å². The van der Waals surface area contributed by atoms with Crippen LogP contribution in [0.4, 0.5) is 0 Å². The average Bonchev–Trinajstić information content (AvgIpc) is 3.25. The van der Waals surface area contributed by atoms with Crippen LogP contribution in [-0.4, -0.2) is 39.8 Å². The first-order valence-electron chi connectivity index (χ1n) is 8.97. The highest BCUT2D eigenvalue weighted by Crippen LogP contribution is 2.35. The molecule has 6 heteroatoms. The number of nitrogens with zero attached hydrogens (tertiary/aromatic N) is 3. The van der Waals surface area contributed by atoms with Crippen LogP contribution in [0.3, 0.4) is 0 Å². The molecule has 3 rings (SSSR count). The number of benzene rings is 1. The highest BCUT2D eigenvalue weighted by Gasteiger charge is 2.40. The molecule has 0 saturated carbocycles. The van der Waals surface area contributed by atoms with Crippen molar-refractivity contribution in [1.29, 1.82) is 0 Å². The number of hydrogen-bond donors (Lipinski definition) is 1. The molecule has 0 radical (unpaired) electrons. The first-order chi connectivity index (χ1) is 12.0. The smallest absolute Gasteiger partial charge is 0.226 e. The van der Waals surface area contributed by atoms with Crippen LogP contribution in [0.25, 0.3) is 0 Å². The van der Waals surface area contributed by atoms with Crippen molar-refractivity contribution in [2.45, 2.75) is 57.7 Å². The van der Waals surface area contributed by atoms with E-state index >= 15 is 0 Å². The second kappa shape index (κ2) is 7.54. The minimum atomic E-state index is -0.946. The molecule has 2 atom stereocenters. The molecule has 1 aliphatic heterocycles. The molecule has 1 aromatic heterocycles. The molecule has 1 aliphatic rings. The van der Waals surface area contributed by atoms with Crippen molar-refractivity contribution in [3.8, 4) is 5.75 Å². The maximum Gasteiger partial charge on any atom is 0.226 e. The minimum Gasteiger partial charge on any atom is -0.497 e. The van der Waals surface area contributed by atoms with E-state index in [4.69, 9.17) is 9.26 Å². The fourth-order valence-corrected chi connectivity index (χ4v) is 3.62. The zero-order valence-electron chi connectivity index (χ0n) is 15.2. The van der Waals surface area contributed by atoms with Gasteiger partial charge in [-0.1, -0.05) is 24.2 Å².